The molecule has 0 saturated carbocycles. The van der Waals surface area contributed by atoms with Crippen LogP contribution in [0.1, 0.15) is 70.2 Å². The molecule has 0 radical (unpaired) electrons. The van der Waals surface area contributed by atoms with Gasteiger partial charge in [-0.3, -0.25) is 5.10 Å². The number of nitrogens with one attached hydrogen (secondary N) is 1. The molecule has 3 heterocycles. The number of H-pyrrole nitrogens is 1. The summed E-state index contributed by atoms with van der Waals surface area (Å²) >= 11 is 0. The van der Waals surface area contributed by atoms with Gasteiger partial charge in [0, 0.05) is 35.7 Å². The van der Waals surface area contributed by atoms with Gasteiger partial charge in [0.1, 0.15) is 5.82 Å². The number of anilines is 1. The van der Waals surface area contributed by atoms with E-state index < -0.39 is 0 Å². The molecule has 3 rings (SSSR count). The van der Waals surface area contributed by atoms with Crippen molar-refractivity contribution in [3.05, 3.63) is 29.7 Å². The van der Waals surface area contributed by atoms with Crippen LogP contribution in [0.15, 0.2) is 18.3 Å². The topological polar surface area (TPSA) is 44.8 Å². The van der Waals surface area contributed by atoms with Gasteiger partial charge in [-0.2, -0.15) is 5.10 Å². The Labute approximate surface area is 140 Å². The summed E-state index contributed by atoms with van der Waals surface area (Å²) in [4.78, 5) is 7.65. The number of hydrogen-bond donors (Lipinski definition) is 1. The second kappa shape index (κ2) is 7.80. The van der Waals surface area contributed by atoms with E-state index in [0.29, 0.717) is 12.1 Å². The second-order valence-corrected chi connectivity index (χ2v) is 6.87. The molecule has 1 aromatic heterocycles. The number of aromatic amines is 1. The molecule has 0 aromatic carbocycles. The van der Waals surface area contributed by atoms with Crippen LogP contribution in [-0.2, 0) is 12.8 Å². The van der Waals surface area contributed by atoms with Gasteiger partial charge < -0.3 is 4.90 Å². The average molecular weight is 314 g/mol. The Balaban J connectivity index is 2.03. The molecule has 2 atom stereocenters. The van der Waals surface area contributed by atoms with E-state index in [1.807, 2.05) is 12.3 Å². The van der Waals surface area contributed by atoms with Crippen molar-refractivity contribution >= 4 is 5.82 Å². The van der Waals surface area contributed by atoms with Crippen LogP contribution in [-0.4, -0.2) is 27.3 Å². The Morgan fingerprint density at radius 2 is 1.96 bits per heavy atom. The first-order valence-electron chi connectivity index (χ1n) is 9.37. The predicted molar refractivity (Wildman–Crippen MR) is 95.1 cm³/mol. The summed E-state index contributed by atoms with van der Waals surface area (Å²) in [6, 6.07) is 5.68. The number of rotatable bonds is 5. The van der Waals surface area contributed by atoms with Gasteiger partial charge in [0.05, 0.1) is 0 Å². The first kappa shape index (κ1) is 16.3. The minimum atomic E-state index is 0.691. The fourth-order valence-electron chi connectivity index (χ4n) is 3.96. The van der Waals surface area contributed by atoms with Crippen LogP contribution >= 0.6 is 0 Å². The van der Waals surface area contributed by atoms with E-state index >= 15 is 0 Å². The van der Waals surface area contributed by atoms with Crippen LogP contribution in [0.3, 0.4) is 0 Å². The molecule has 2 aliphatic rings. The highest BCUT2D eigenvalue weighted by Crippen LogP contribution is 2.38. The summed E-state index contributed by atoms with van der Waals surface area (Å²) in [5.41, 5.74) is 2.31. The minimum absolute atomic E-state index is 0.691. The van der Waals surface area contributed by atoms with Crippen molar-refractivity contribution in [2.75, 3.05) is 4.90 Å². The molecule has 1 N–H and O–H groups in total. The normalized spacial score (nSPS) is 23.0. The molecule has 23 heavy (non-hydrogen) atoms. The molecule has 2 fully saturated rings. The summed E-state index contributed by atoms with van der Waals surface area (Å²) in [5.74, 6) is 1.16. The number of fused-ring (bicyclic) bond motifs is 2. The lowest BCUT2D eigenvalue weighted by molar-refractivity contribution is 0.464. The molecule has 0 amide bonds. The fourth-order valence-corrected chi connectivity index (χ4v) is 3.96. The van der Waals surface area contributed by atoms with Gasteiger partial charge >= 0.3 is 0 Å². The lowest BCUT2D eigenvalue weighted by Gasteiger charge is -2.35. The Morgan fingerprint density at radius 3 is 2.65 bits per heavy atom. The summed E-state index contributed by atoms with van der Waals surface area (Å²) in [6.45, 7) is 4.40. The van der Waals surface area contributed by atoms with Crippen LogP contribution in [0, 0.1) is 0 Å². The molecule has 2 unspecified atom stereocenters. The van der Waals surface area contributed by atoms with Gasteiger partial charge in [-0.1, -0.05) is 20.3 Å². The molecule has 2 bridgehead atoms. The van der Waals surface area contributed by atoms with E-state index in [2.05, 4.69) is 35.0 Å². The Morgan fingerprint density at radius 1 is 1.17 bits per heavy atom. The molecule has 0 spiro atoms. The molecular weight excluding hydrogens is 284 g/mol. The molecule has 4 heteroatoms. The molecular formula is C19H30N4. The number of nitrogens with zero attached hydrogens (tertiary/aromatic N) is 3. The van der Waals surface area contributed by atoms with E-state index in [1.54, 1.807) is 0 Å². The maximum atomic E-state index is 5.03. The van der Waals surface area contributed by atoms with Crippen molar-refractivity contribution in [2.45, 2.75) is 83.7 Å². The Hall–Kier alpha value is -1.58. The average Bonchev–Trinajstić information content (AvgIpc) is 2.87. The van der Waals surface area contributed by atoms with Gasteiger partial charge in [0.2, 0.25) is 0 Å². The molecule has 1 aromatic rings. The first-order valence-corrected chi connectivity index (χ1v) is 9.37. The molecule has 2 aliphatic heterocycles. The number of unbranched alkanes of at least 4 members (excludes halogenated alkanes) is 1. The van der Waals surface area contributed by atoms with Gasteiger partial charge in [-0.25, -0.2) is 4.98 Å². The van der Waals surface area contributed by atoms with Crippen molar-refractivity contribution in [1.29, 1.82) is 0 Å². The SMILES string of the molecule is CCCCc1cc(N2C3CCCC2CC3)nc(CC)ccn[nH]1. The van der Waals surface area contributed by atoms with Crippen molar-refractivity contribution < 1.29 is 0 Å². The number of piperidine rings is 1. The third kappa shape index (κ3) is 3.85. The van der Waals surface area contributed by atoms with Crippen molar-refractivity contribution in [1.82, 2.24) is 15.2 Å². The van der Waals surface area contributed by atoms with Crippen LogP contribution < -0.4 is 4.90 Å². The van der Waals surface area contributed by atoms with E-state index in [0.717, 1.165) is 24.4 Å². The van der Waals surface area contributed by atoms with Crippen molar-refractivity contribution in [2.24, 2.45) is 0 Å². The minimum Gasteiger partial charge on any atom is -0.351 e. The monoisotopic (exact) mass is 314 g/mol. The third-order valence-electron chi connectivity index (χ3n) is 5.23. The summed E-state index contributed by atoms with van der Waals surface area (Å²) < 4.78 is 0. The largest absolute Gasteiger partial charge is 0.351 e. The Kier molecular flexibility index (Phi) is 5.52. The summed E-state index contributed by atoms with van der Waals surface area (Å²) in [5, 5.41) is 7.58. The van der Waals surface area contributed by atoms with Gasteiger partial charge in [-0.15, -0.1) is 0 Å². The van der Waals surface area contributed by atoms with Crippen LogP contribution in [0.4, 0.5) is 5.82 Å². The van der Waals surface area contributed by atoms with E-state index in [9.17, 15) is 0 Å². The van der Waals surface area contributed by atoms with Crippen molar-refractivity contribution in [3.8, 4) is 0 Å². The maximum absolute atomic E-state index is 5.03. The predicted octanol–water partition coefficient (Wildman–Crippen LogP) is 4.36. The van der Waals surface area contributed by atoms with Gasteiger partial charge in [0.15, 0.2) is 0 Å². The fraction of sp³-hybridized carbons (Fsp3) is 0.684. The number of aryl methyl sites for hydroxylation is 2. The number of aromatic nitrogens is 3. The smallest absolute Gasteiger partial charge is 0.131 e. The van der Waals surface area contributed by atoms with E-state index in [-0.39, 0.29) is 0 Å². The van der Waals surface area contributed by atoms with Crippen LogP contribution in [0.25, 0.3) is 0 Å². The Bertz CT molecular complexity index is 548. The van der Waals surface area contributed by atoms with E-state index in [1.165, 1.54) is 50.6 Å². The molecule has 2 saturated heterocycles. The zero-order valence-corrected chi connectivity index (χ0v) is 14.6. The molecule has 126 valence electrons. The highest BCUT2D eigenvalue weighted by Gasteiger charge is 2.37. The van der Waals surface area contributed by atoms with Gasteiger partial charge in [-0.05, 0) is 57.4 Å². The molecule has 0 aliphatic carbocycles. The van der Waals surface area contributed by atoms with Crippen molar-refractivity contribution in [3.63, 3.8) is 0 Å². The quantitative estimate of drug-likeness (QED) is 0.878. The second-order valence-electron chi connectivity index (χ2n) is 6.87. The lowest BCUT2D eigenvalue weighted by atomic mass is 10.0. The maximum Gasteiger partial charge on any atom is 0.131 e. The van der Waals surface area contributed by atoms with E-state index in [4.69, 9.17) is 4.98 Å². The van der Waals surface area contributed by atoms with Gasteiger partial charge in [0.25, 0.3) is 0 Å². The standard InChI is InChI=1S/C19H30N4/c1-3-5-7-16-14-19(21-15(4-2)12-13-20-22-16)23-17-8-6-9-18(23)11-10-17/h12-14,17-18,22H,3-11H2,1-2H3. The first-order chi connectivity index (χ1) is 11.3. The van der Waals surface area contributed by atoms with Crippen LogP contribution in [0.2, 0.25) is 0 Å². The zero-order chi connectivity index (χ0) is 16.1. The third-order valence-corrected chi connectivity index (χ3v) is 5.23. The number of hydrogen-bond acceptors (Lipinski definition) is 3. The zero-order valence-electron chi connectivity index (χ0n) is 14.6. The summed E-state index contributed by atoms with van der Waals surface area (Å²) in [7, 11) is 0. The summed E-state index contributed by atoms with van der Waals surface area (Å²) in [6.07, 6.45) is 12.9. The molecule has 4 nitrogen and oxygen atoms in total. The lowest BCUT2D eigenvalue weighted by Crippen LogP contribution is -2.40. The highest BCUT2D eigenvalue weighted by atomic mass is 15.3. The van der Waals surface area contributed by atoms with Crippen LogP contribution in [0.5, 0.6) is 0 Å². The highest BCUT2D eigenvalue weighted by molar-refractivity contribution is 5.44.